The van der Waals surface area contributed by atoms with E-state index >= 15 is 0 Å². The zero-order chi connectivity index (χ0) is 29.7. The Morgan fingerprint density at radius 3 is 2.36 bits per heavy atom. The SMILES string of the molecule is C1=CC(c2ccc3c4ccc5cc(-c6cncc(-c7ccccn7)c6)ccc5c4n(-c4cccc5ccccc45)c3c2)=CCN1. The Kier molecular flexibility index (Phi) is 5.85. The van der Waals surface area contributed by atoms with E-state index in [0.29, 0.717) is 0 Å². The van der Waals surface area contributed by atoms with E-state index in [2.05, 4.69) is 129 Å². The highest BCUT2D eigenvalue weighted by molar-refractivity contribution is 6.20. The predicted octanol–water partition coefficient (Wildman–Crippen LogP) is 9.71. The summed E-state index contributed by atoms with van der Waals surface area (Å²) in [5.74, 6) is 0. The van der Waals surface area contributed by atoms with Crippen LogP contribution in [0.25, 0.3) is 77.0 Å². The third-order valence-electron chi connectivity index (χ3n) is 8.94. The van der Waals surface area contributed by atoms with Gasteiger partial charge in [0.15, 0.2) is 0 Å². The number of hydrogen-bond acceptors (Lipinski definition) is 3. The number of allylic oxidation sites excluding steroid dienone is 2. The quantitative estimate of drug-likeness (QED) is 0.227. The lowest BCUT2D eigenvalue weighted by atomic mass is 9.98. The topological polar surface area (TPSA) is 42.7 Å². The van der Waals surface area contributed by atoms with Crippen LogP contribution in [0.5, 0.6) is 0 Å². The minimum Gasteiger partial charge on any atom is -0.387 e. The van der Waals surface area contributed by atoms with E-state index in [1.165, 1.54) is 60.2 Å². The first-order valence-electron chi connectivity index (χ1n) is 15.3. The first-order chi connectivity index (χ1) is 22.3. The molecular weight excluding hydrogens is 548 g/mol. The molecule has 45 heavy (non-hydrogen) atoms. The summed E-state index contributed by atoms with van der Waals surface area (Å²) in [4.78, 5) is 9.10. The number of pyridine rings is 2. The number of rotatable bonds is 4. The van der Waals surface area contributed by atoms with Crippen LogP contribution in [0, 0.1) is 0 Å². The van der Waals surface area contributed by atoms with Crippen LogP contribution >= 0.6 is 0 Å². The van der Waals surface area contributed by atoms with Crippen molar-refractivity contribution in [3.63, 3.8) is 0 Å². The second kappa shape index (κ2) is 10.3. The van der Waals surface area contributed by atoms with E-state index in [4.69, 9.17) is 0 Å². The molecule has 0 unspecified atom stereocenters. The monoisotopic (exact) mass is 576 g/mol. The summed E-state index contributed by atoms with van der Waals surface area (Å²) in [5.41, 5.74) is 10.2. The zero-order valence-corrected chi connectivity index (χ0v) is 24.5. The van der Waals surface area contributed by atoms with Gasteiger partial charge in [0.25, 0.3) is 0 Å². The molecule has 4 heterocycles. The van der Waals surface area contributed by atoms with Crippen molar-refractivity contribution < 1.29 is 0 Å². The smallest absolute Gasteiger partial charge is 0.0717 e. The first kappa shape index (κ1) is 25.5. The molecule has 0 aliphatic carbocycles. The highest BCUT2D eigenvalue weighted by Crippen LogP contribution is 2.40. The number of fused-ring (bicyclic) bond motifs is 6. The van der Waals surface area contributed by atoms with Crippen LogP contribution in [0.3, 0.4) is 0 Å². The molecule has 1 aliphatic rings. The average Bonchev–Trinajstić information content (AvgIpc) is 3.46. The van der Waals surface area contributed by atoms with Crippen molar-refractivity contribution in [2.45, 2.75) is 0 Å². The molecule has 0 atom stereocenters. The molecule has 0 bridgehead atoms. The van der Waals surface area contributed by atoms with Crippen LogP contribution in [-0.4, -0.2) is 21.1 Å². The maximum atomic E-state index is 4.57. The second-order valence-corrected chi connectivity index (χ2v) is 11.5. The molecule has 0 radical (unpaired) electrons. The van der Waals surface area contributed by atoms with Crippen LogP contribution in [0.1, 0.15) is 5.56 Å². The van der Waals surface area contributed by atoms with Gasteiger partial charge in [-0.1, -0.05) is 84.9 Å². The summed E-state index contributed by atoms with van der Waals surface area (Å²) < 4.78 is 2.48. The Bertz CT molecular complexity index is 2480. The number of nitrogens with zero attached hydrogens (tertiary/aromatic N) is 3. The van der Waals surface area contributed by atoms with Crippen molar-refractivity contribution in [1.29, 1.82) is 0 Å². The molecule has 0 saturated carbocycles. The molecule has 1 N–H and O–H groups in total. The lowest BCUT2D eigenvalue weighted by molar-refractivity contribution is 0.976. The summed E-state index contributed by atoms with van der Waals surface area (Å²) in [7, 11) is 0. The van der Waals surface area contributed by atoms with Crippen LogP contribution in [0.2, 0.25) is 0 Å². The molecule has 4 heteroatoms. The molecule has 5 aromatic carbocycles. The van der Waals surface area contributed by atoms with Gasteiger partial charge in [-0.2, -0.15) is 0 Å². The molecule has 0 spiro atoms. The van der Waals surface area contributed by atoms with Gasteiger partial charge in [0, 0.05) is 57.8 Å². The molecule has 9 rings (SSSR count). The first-order valence-corrected chi connectivity index (χ1v) is 15.3. The lowest BCUT2D eigenvalue weighted by Gasteiger charge is -2.14. The summed E-state index contributed by atoms with van der Waals surface area (Å²) in [5, 5.41) is 10.6. The van der Waals surface area contributed by atoms with E-state index in [9.17, 15) is 0 Å². The van der Waals surface area contributed by atoms with E-state index in [1.807, 2.05) is 43.0 Å². The predicted molar refractivity (Wildman–Crippen MR) is 187 cm³/mol. The zero-order valence-electron chi connectivity index (χ0n) is 24.5. The number of benzene rings is 5. The third-order valence-corrected chi connectivity index (χ3v) is 8.94. The molecule has 8 aromatic rings. The maximum Gasteiger partial charge on any atom is 0.0717 e. The normalized spacial score (nSPS) is 13.0. The molecule has 0 saturated heterocycles. The van der Waals surface area contributed by atoms with Crippen LogP contribution in [0.4, 0.5) is 0 Å². The van der Waals surface area contributed by atoms with Gasteiger partial charge < -0.3 is 9.88 Å². The van der Waals surface area contributed by atoms with Crippen molar-refractivity contribution in [1.82, 2.24) is 19.9 Å². The highest BCUT2D eigenvalue weighted by Gasteiger charge is 2.18. The molecule has 4 nitrogen and oxygen atoms in total. The van der Waals surface area contributed by atoms with Crippen LogP contribution < -0.4 is 5.32 Å². The molecule has 212 valence electrons. The van der Waals surface area contributed by atoms with Gasteiger partial charge in [0.2, 0.25) is 0 Å². The largest absolute Gasteiger partial charge is 0.387 e. The van der Waals surface area contributed by atoms with E-state index in [-0.39, 0.29) is 0 Å². The Morgan fingerprint density at radius 1 is 0.600 bits per heavy atom. The van der Waals surface area contributed by atoms with Gasteiger partial charge in [-0.05, 0) is 76.1 Å². The summed E-state index contributed by atoms with van der Waals surface area (Å²) in [6, 6.07) is 41.7. The van der Waals surface area contributed by atoms with E-state index in [1.54, 1.807) is 0 Å². The van der Waals surface area contributed by atoms with Gasteiger partial charge in [0.1, 0.15) is 0 Å². The molecule has 0 amide bonds. The van der Waals surface area contributed by atoms with Crippen molar-refractivity contribution in [2.75, 3.05) is 6.54 Å². The minimum absolute atomic E-state index is 0.837. The van der Waals surface area contributed by atoms with Crippen LogP contribution in [-0.2, 0) is 0 Å². The van der Waals surface area contributed by atoms with Gasteiger partial charge in [-0.15, -0.1) is 0 Å². The summed E-state index contributed by atoms with van der Waals surface area (Å²) in [6.45, 7) is 0.837. The Labute approximate surface area is 260 Å². The van der Waals surface area contributed by atoms with Gasteiger partial charge >= 0.3 is 0 Å². The van der Waals surface area contributed by atoms with E-state index < -0.39 is 0 Å². The fraction of sp³-hybridized carbons (Fsp3) is 0.0244. The molecule has 1 aliphatic heterocycles. The number of aromatic nitrogens is 3. The fourth-order valence-corrected chi connectivity index (χ4v) is 6.79. The standard InChI is InChI=1S/C41H28N4/c1-2-8-34-28(6-1)7-5-10-39(34)45-40-24-30(27-17-20-42-21-18-27)12-15-36(40)37-16-13-31-22-29(11-14-35(31)41(37)45)32-23-33(26-43-25-32)38-9-3-4-19-44-38/h1-20,22-26,42H,21H2. The van der Waals surface area contributed by atoms with Gasteiger partial charge in [0.05, 0.1) is 22.4 Å². The molecule has 0 fully saturated rings. The van der Waals surface area contributed by atoms with Crippen molar-refractivity contribution in [3.8, 4) is 28.1 Å². The molecule has 3 aromatic heterocycles. The number of nitrogens with one attached hydrogen (secondary N) is 1. The Morgan fingerprint density at radius 2 is 1.44 bits per heavy atom. The maximum absolute atomic E-state index is 4.57. The minimum atomic E-state index is 0.837. The third kappa shape index (κ3) is 4.22. The molecular formula is C41H28N4. The van der Waals surface area contributed by atoms with E-state index in [0.717, 1.165) is 28.9 Å². The highest BCUT2D eigenvalue weighted by atomic mass is 15.0. The Balaban J connectivity index is 1.30. The average molecular weight is 577 g/mol. The van der Waals surface area contributed by atoms with Crippen molar-refractivity contribution >= 4 is 48.9 Å². The number of hydrogen-bond donors (Lipinski definition) is 1. The summed E-state index contributed by atoms with van der Waals surface area (Å²) in [6.07, 6.45) is 12.1. The van der Waals surface area contributed by atoms with Crippen molar-refractivity contribution in [2.24, 2.45) is 0 Å². The fourth-order valence-electron chi connectivity index (χ4n) is 6.79. The van der Waals surface area contributed by atoms with Crippen molar-refractivity contribution in [3.05, 3.63) is 158 Å². The van der Waals surface area contributed by atoms with Gasteiger partial charge in [-0.3, -0.25) is 9.97 Å². The second-order valence-electron chi connectivity index (χ2n) is 11.5. The lowest BCUT2D eigenvalue weighted by Crippen LogP contribution is -2.08. The van der Waals surface area contributed by atoms with Gasteiger partial charge in [-0.25, -0.2) is 0 Å². The summed E-state index contributed by atoms with van der Waals surface area (Å²) >= 11 is 0. The van der Waals surface area contributed by atoms with Crippen LogP contribution in [0.15, 0.2) is 152 Å². The Hall–Kier alpha value is -6.00. The number of dihydropyridines is 1.